The van der Waals surface area contributed by atoms with Gasteiger partial charge in [-0.2, -0.15) is 0 Å². The van der Waals surface area contributed by atoms with Gasteiger partial charge in [-0.3, -0.25) is 4.79 Å². The number of nitrogens with zero attached hydrogens (tertiary/aromatic N) is 3. The van der Waals surface area contributed by atoms with Crippen LogP contribution in [0.25, 0.3) is 0 Å². The topological polar surface area (TPSA) is 59.8 Å². The molecule has 6 heteroatoms. The van der Waals surface area contributed by atoms with Gasteiger partial charge in [-0.05, 0) is 18.6 Å². The molecule has 5 nitrogen and oxygen atoms in total. The number of benzene rings is 1. The molecule has 1 N–H and O–H groups in total. The first-order valence-corrected chi connectivity index (χ1v) is 7.85. The summed E-state index contributed by atoms with van der Waals surface area (Å²) in [6.45, 7) is 6.12. The van der Waals surface area contributed by atoms with E-state index < -0.39 is 0 Å². The monoisotopic (exact) mass is 304 g/mol. The fourth-order valence-corrected chi connectivity index (χ4v) is 2.70. The number of hydrogen-bond donors (Lipinski definition) is 1. The lowest BCUT2D eigenvalue weighted by Crippen LogP contribution is -2.15. The number of nitrogens with one attached hydrogen (secondary N) is 1. The van der Waals surface area contributed by atoms with Gasteiger partial charge in [-0.1, -0.05) is 43.8 Å². The highest BCUT2D eigenvalue weighted by Gasteiger charge is 2.13. The normalized spacial score (nSPS) is 10.9. The van der Waals surface area contributed by atoms with E-state index in [1.807, 2.05) is 42.8 Å². The van der Waals surface area contributed by atoms with Crippen LogP contribution in [-0.2, 0) is 11.8 Å². The fraction of sp³-hybridized carbons (Fsp3) is 0.400. The van der Waals surface area contributed by atoms with Crippen molar-refractivity contribution in [1.82, 2.24) is 14.8 Å². The highest BCUT2D eigenvalue weighted by atomic mass is 32.2. The first-order valence-electron chi connectivity index (χ1n) is 6.86. The van der Waals surface area contributed by atoms with Crippen molar-refractivity contribution in [3.05, 3.63) is 35.7 Å². The van der Waals surface area contributed by atoms with Crippen LogP contribution < -0.4 is 5.32 Å². The van der Waals surface area contributed by atoms with E-state index in [2.05, 4.69) is 29.4 Å². The van der Waals surface area contributed by atoms with E-state index in [4.69, 9.17) is 0 Å². The summed E-state index contributed by atoms with van der Waals surface area (Å²) in [5, 5.41) is 12.0. The van der Waals surface area contributed by atoms with Crippen LogP contribution >= 0.6 is 11.8 Å². The van der Waals surface area contributed by atoms with Crippen molar-refractivity contribution in [2.24, 2.45) is 7.05 Å². The lowest BCUT2D eigenvalue weighted by atomic mass is 10.2. The van der Waals surface area contributed by atoms with E-state index in [1.54, 1.807) is 0 Å². The van der Waals surface area contributed by atoms with E-state index in [1.165, 1.54) is 11.8 Å². The van der Waals surface area contributed by atoms with Gasteiger partial charge in [0.25, 0.3) is 0 Å². The largest absolute Gasteiger partial charge is 0.325 e. The first kappa shape index (κ1) is 15.6. The van der Waals surface area contributed by atoms with E-state index >= 15 is 0 Å². The summed E-state index contributed by atoms with van der Waals surface area (Å²) in [6.07, 6.45) is 0. The highest BCUT2D eigenvalue weighted by Crippen LogP contribution is 2.20. The lowest BCUT2D eigenvalue weighted by molar-refractivity contribution is -0.113. The molecule has 1 amide bonds. The molecule has 1 aromatic carbocycles. The van der Waals surface area contributed by atoms with Crippen LogP contribution in [0.4, 0.5) is 5.69 Å². The first-order chi connectivity index (χ1) is 9.99. The van der Waals surface area contributed by atoms with Crippen LogP contribution in [0.3, 0.4) is 0 Å². The van der Waals surface area contributed by atoms with Gasteiger partial charge in [-0.15, -0.1) is 10.2 Å². The number of rotatable bonds is 5. The molecule has 112 valence electrons. The Balaban J connectivity index is 1.94. The molecule has 2 aromatic rings. The summed E-state index contributed by atoms with van der Waals surface area (Å²) in [6, 6.07) is 7.73. The van der Waals surface area contributed by atoms with Gasteiger partial charge in [0.05, 0.1) is 5.75 Å². The molecule has 0 bridgehead atoms. The second-order valence-electron chi connectivity index (χ2n) is 5.21. The Morgan fingerprint density at radius 2 is 2.05 bits per heavy atom. The maximum absolute atomic E-state index is 12.0. The minimum atomic E-state index is -0.0385. The summed E-state index contributed by atoms with van der Waals surface area (Å²) in [4.78, 5) is 12.0. The Morgan fingerprint density at radius 3 is 2.67 bits per heavy atom. The van der Waals surface area contributed by atoms with Gasteiger partial charge in [-0.25, -0.2) is 0 Å². The number of carbonyl (C=O) groups is 1. The Bertz CT molecular complexity index is 636. The SMILES string of the molecule is Cc1ccccc1NC(=O)CSc1nnc(C(C)C)n1C. The van der Waals surface area contributed by atoms with Gasteiger partial charge in [0, 0.05) is 18.7 Å². The van der Waals surface area contributed by atoms with E-state index in [9.17, 15) is 4.79 Å². The average Bonchev–Trinajstić information content (AvgIpc) is 2.80. The molecular weight excluding hydrogens is 284 g/mol. The molecule has 0 aliphatic carbocycles. The van der Waals surface area contributed by atoms with E-state index in [-0.39, 0.29) is 5.91 Å². The third-order valence-electron chi connectivity index (χ3n) is 3.14. The molecule has 0 unspecified atom stereocenters. The minimum absolute atomic E-state index is 0.0385. The van der Waals surface area contributed by atoms with E-state index in [0.29, 0.717) is 11.7 Å². The van der Waals surface area contributed by atoms with Crippen molar-refractivity contribution in [3.63, 3.8) is 0 Å². The predicted molar refractivity (Wildman–Crippen MR) is 85.6 cm³/mol. The number of anilines is 1. The fourth-order valence-electron chi connectivity index (χ4n) is 1.98. The molecule has 0 fully saturated rings. The number of aryl methyl sites for hydroxylation is 1. The van der Waals surface area contributed by atoms with Crippen molar-refractivity contribution in [2.75, 3.05) is 11.1 Å². The zero-order valence-corrected chi connectivity index (χ0v) is 13.6. The van der Waals surface area contributed by atoms with Crippen LogP contribution in [0, 0.1) is 6.92 Å². The van der Waals surface area contributed by atoms with Crippen molar-refractivity contribution < 1.29 is 4.79 Å². The Labute approximate surface area is 129 Å². The number of carbonyl (C=O) groups excluding carboxylic acids is 1. The van der Waals surface area contributed by atoms with Crippen LogP contribution in [0.5, 0.6) is 0 Å². The molecule has 21 heavy (non-hydrogen) atoms. The summed E-state index contributed by atoms with van der Waals surface area (Å²) < 4.78 is 1.94. The Morgan fingerprint density at radius 1 is 1.33 bits per heavy atom. The van der Waals surface area contributed by atoms with Crippen LogP contribution in [0.2, 0.25) is 0 Å². The number of para-hydroxylation sites is 1. The quantitative estimate of drug-likeness (QED) is 0.863. The molecule has 2 rings (SSSR count). The summed E-state index contributed by atoms with van der Waals surface area (Å²) in [5.74, 6) is 1.52. The molecule has 1 heterocycles. The number of thioether (sulfide) groups is 1. The standard InChI is InChI=1S/C15H20N4OS/c1-10(2)14-17-18-15(19(14)4)21-9-13(20)16-12-8-6-5-7-11(12)3/h5-8,10H,9H2,1-4H3,(H,16,20). The summed E-state index contributed by atoms with van der Waals surface area (Å²) >= 11 is 1.40. The molecule has 0 aliphatic rings. The number of aromatic nitrogens is 3. The van der Waals surface area contributed by atoms with Crippen molar-refractivity contribution in [1.29, 1.82) is 0 Å². The maximum Gasteiger partial charge on any atom is 0.234 e. The number of amides is 1. The zero-order chi connectivity index (χ0) is 15.4. The average molecular weight is 304 g/mol. The van der Waals surface area contributed by atoms with Crippen molar-refractivity contribution in [2.45, 2.75) is 31.8 Å². The van der Waals surface area contributed by atoms with Crippen LogP contribution in [0.1, 0.15) is 31.2 Å². The minimum Gasteiger partial charge on any atom is -0.325 e. The summed E-state index contributed by atoms with van der Waals surface area (Å²) in [5.41, 5.74) is 1.90. The van der Waals surface area contributed by atoms with Crippen molar-refractivity contribution >= 4 is 23.4 Å². The second-order valence-corrected chi connectivity index (χ2v) is 6.15. The summed E-state index contributed by atoms with van der Waals surface area (Å²) in [7, 11) is 1.93. The third-order valence-corrected chi connectivity index (χ3v) is 4.16. The zero-order valence-electron chi connectivity index (χ0n) is 12.8. The maximum atomic E-state index is 12.0. The Hall–Kier alpha value is -1.82. The predicted octanol–water partition coefficient (Wildman–Crippen LogP) is 2.98. The van der Waals surface area contributed by atoms with Gasteiger partial charge >= 0.3 is 0 Å². The molecule has 0 aliphatic heterocycles. The third kappa shape index (κ3) is 3.85. The highest BCUT2D eigenvalue weighted by molar-refractivity contribution is 7.99. The van der Waals surface area contributed by atoms with Gasteiger partial charge in [0.2, 0.25) is 5.91 Å². The lowest BCUT2D eigenvalue weighted by Gasteiger charge is -2.08. The molecule has 0 spiro atoms. The second kappa shape index (κ2) is 6.76. The van der Waals surface area contributed by atoms with Gasteiger partial charge in [0.1, 0.15) is 5.82 Å². The molecule has 0 radical (unpaired) electrons. The molecule has 0 saturated heterocycles. The van der Waals surface area contributed by atoms with Gasteiger partial charge < -0.3 is 9.88 Å². The Kier molecular flexibility index (Phi) is 5.01. The van der Waals surface area contributed by atoms with Crippen molar-refractivity contribution in [3.8, 4) is 0 Å². The molecule has 1 aromatic heterocycles. The van der Waals surface area contributed by atoms with Crippen LogP contribution in [0.15, 0.2) is 29.4 Å². The molecular formula is C15H20N4OS. The van der Waals surface area contributed by atoms with Crippen LogP contribution in [-0.4, -0.2) is 26.4 Å². The molecule has 0 atom stereocenters. The van der Waals surface area contributed by atoms with Gasteiger partial charge in [0.15, 0.2) is 5.16 Å². The molecule has 0 saturated carbocycles. The number of hydrogen-bond acceptors (Lipinski definition) is 4. The smallest absolute Gasteiger partial charge is 0.234 e. The van der Waals surface area contributed by atoms with E-state index in [0.717, 1.165) is 22.2 Å².